The molecule has 2 aromatic rings. The number of halogens is 1. The maximum absolute atomic E-state index is 12.9. The van der Waals surface area contributed by atoms with Crippen LogP contribution in [0.15, 0.2) is 39.9 Å². The fourth-order valence-corrected chi connectivity index (χ4v) is 2.32. The third kappa shape index (κ3) is 4.07. The Morgan fingerprint density at radius 3 is 2.74 bits per heavy atom. The molecule has 1 fully saturated rings. The molecule has 0 radical (unpaired) electrons. The highest BCUT2D eigenvalue weighted by Gasteiger charge is 2.12. The summed E-state index contributed by atoms with van der Waals surface area (Å²) in [6.07, 6.45) is 2.23. The van der Waals surface area contributed by atoms with E-state index >= 15 is 0 Å². The van der Waals surface area contributed by atoms with Gasteiger partial charge >= 0.3 is 0 Å². The minimum absolute atomic E-state index is 0.284. The molecule has 1 aliphatic rings. The summed E-state index contributed by atoms with van der Waals surface area (Å²) in [5.74, 6) is 0.731. The van der Waals surface area contributed by atoms with Crippen molar-refractivity contribution in [3.63, 3.8) is 0 Å². The van der Waals surface area contributed by atoms with E-state index < -0.39 is 0 Å². The normalized spacial score (nSPS) is 15.9. The first-order valence-corrected chi connectivity index (χ1v) is 7.55. The van der Waals surface area contributed by atoms with Crippen LogP contribution in [0.2, 0.25) is 0 Å². The quantitative estimate of drug-likeness (QED) is 0.685. The Labute approximate surface area is 133 Å². The molecule has 7 heteroatoms. The van der Waals surface area contributed by atoms with Crippen LogP contribution in [0.3, 0.4) is 0 Å². The smallest absolute Gasteiger partial charge is 0.226 e. The Hall–Kier alpha value is -2.41. The van der Waals surface area contributed by atoms with Gasteiger partial charge in [0.25, 0.3) is 0 Å². The van der Waals surface area contributed by atoms with E-state index in [1.54, 1.807) is 18.4 Å². The van der Waals surface area contributed by atoms with Crippen LogP contribution in [0.4, 0.5) is 4.39 Å². The standard InChI is InChI=1S/C16H19FN4O2/c17-13-3-1-12(2-4-13)15-20-14(11-23-15)5-6-19-16(18)21-7-9-22-10-8-21/h1-4,11H,5-10H2,(H2,18,19). The number of aliphatic imine (C=N–C) groups is 1. The van der Waals surface area contributed by atoms with E-state index in [-0.39, 0.29) is 5.82 Å². The van der Waals surface area contributed by atoms with E-state index in [1.165, 1.54) is 12.1 Å². The van der Waals surface area contributed by atoms with Gasteiger partial charge in [-0.2, -0.15) is 0 Å². The lowest BCUT2D eigenvalue weighted by molar-refractivity contribution is 0.0674. The zero-order chi connectivity index (χ0) is 16.1. The minimum Gasteiger partial charge on any atom is -0.444 e. The van der Waals surface area contributed by atoms with Crippen LogP contribution in [0.5, 0.6) is 0 Å². The molecule has 0 amide bonds. The maximum atomic E-state index is 12.9. The molecule has 0 aliphatic carbocycles. The van der Waals surface area contributed by atoms with E-state index in [0.717, 1.165) is 24.3 Å². The topological polar surface area (TPSA) is 76.9 Å². The molecule has 1 aliphatic heterocycles. The molecule has 0 saturated carbocycles. The van der Waals surface area contributed by atoms with E-state index in [4.69, 9.17) is 14.9 Å². The van der Waals surface area contributed by atoms with Gasteiger partial charge in [0, 0.05) is 31.6 Å². The van der Waals surface area contributed by atoms with Crippen LogP contribution < -0.4 is 5.73 Å². The van der Waals surface area contributed by atoms with Crippen molar-refractivity contribution >= 4 is 5.96 Å². The Balaban J connectivity index is 1.55. The van der Waals surface area contributed by atoms with Crippen LogP contribution in [0, 0.1) is 5.82 Å². The number of nitrogens with zero attached hydrogens (tertiary/aromatic N) is 3. The minimum atomic E-state index is -0.284. The lowest BCUT2D eigenvalue weighted by Crippen LogP contribution is -2.44. The van der Waals surface area contributed by atoms with Gasteiger partial charge in [-0.1, -0.05) is 0 Å². The van der Waals surface area contributed by atoms with E-state index in [9.17, 15) is 4.39 Å². The number of guanidine groups is 1. The molecule has 1 aromatic carbocycles. The number of hydrogen-bond donors (Lipinski definition) is 1. The largest absolute Gasteiger partial charge is 0.444 e. The number of rotatable bonds is 4. The second-order valence-corrected chi connectivity index (χ2v) is 5.24. The molecule has 23 heavy (non-hydrogen) atoms. The molecule has 1 aromatic heterocycles. The number of ether oxygens (including phenoxy) is 1. The molecular weight excluding hydrogens is 299 g/mol. The van der Waals surface area contributed by atoms with E-state index in [0.29, 0.717) is 38.0 Å². The molecule has 6 nitrogen and oxygen atoms in total. The third-order valence-corrected chi connectivity index (χ3v) is 3.62. The Bertz CT molecular complexity index is 663. The summed E-state index contributed by atoms with van der Waals surface area (Å²) in [5.41, 5.74) is 7.50. The molecule has 122 valence electrons. The van der Waals surface area contributed by atoms with Crippen LogP contribution >= 0.6 is 0 Å². The third-order valence-electron chi connectivity index (χ3n) is 3.62. The number of hydrogen-bond acceptors (Lipinski definition) is 4. The van der Waals surface area contributed by atoms with Crippen LogP contribution in [-0.4, -0.2) is 48.7 Å². The molecule has 0 bridgehead atoms. The van der Waals surface area contributed by atoms with Crippen LogP contribution in [0.1, 0.15) is 5.69 Å². The Kier molecular flexibility index (Phi) is 4.87. The second kappa shape index (κ2) is 7.23. The van der Waals surface area contributed by atoms with E-state index in [1.807, 2.05) is 4.90 Å². The zero-order valence-corrected chi connectivity index (χ0v) is 12.7. The van der Waals surface area contributed by atoms with Crippen molar-refractivity contribution in [1.82, 2.24) is 9.88 Å². The number of morpholine rings is 1. The van der Waals surface area contributed by atoms with Gasteiger partial charge in [-0.15, -0.1) is 0 Å². The molecule has 3 rings (SSSR count). The Morgan fingerprint density at radius 1 is 1.26 bits per heavy atom. The van der Waals surface area contributed by atoms with Gasteiger partial charge in [-0.05, 0) is 24.3 Å². The van der Waals surface area contributed by atoms with Gasteiger partial charge in [-0.25, -0.2) is 9.37 Å². The highest BCUT2D eigenvalue weighted by atomic mass is 19.1. The molecule has 1 saturated heterocycles. The van der Waals surface area contributed by atoms with Gasteiger partial charge in [0.2, 0.25) is 5.89 Å². The first kappa shape index (κ1) is 15.5. The molecule has 0 atom stereocenters. The van der Waals surface area contributed by atoms with Gasteiger partial charge in [0.1, 0.15) is 12.1 Å². The average Bonchev–Trinajstić information content (AvgIpc) is 3.05. The van der Waals surface area contributed by atoms with Crippen molar-refractivity contribution < 1.29 is 13.5 Å². The summed E-state index contributed by atoms with van der Waals surface area (Å²) in [4.78, 5) is 10.8. The van der Waals surface area contributed by atoms with Gasteiger partial charge in [0.05, 0.1) is 18.9 Å². The van der Waals surface area contributed by atoms with Crippen LogP contribution in [-0.2, 0) is 11.2 Å². The number of oxazole rings is 1. The van der Waals surface area contributed by atoms with Crippen molar-refractivity contribution in [2.24, 2.45) is 10.7 Å². The molecule has 0 spiro atoms. The van der Waals surface area contributed by atoms with E-state index in [2.05, 4.69) is 9.98 Å². The first-order valence-electron chi connectivity index (χ1n) is 7.55. The van der Waals surface area contributed by atoms with Gasteiger partial charge in [-0.3, -0.25) is 4.99 Å². The fraction of sp³-hybridized carbons (Fsp3) is 0.375. The highest BCUT2D eigenvalue weighted by molar-refractivity contribution is 5.78. The van der Waals surface area contributed by atoms with Crippen LogP contribution in [0.25, 0.3) is 11.5 Å². The molecular formula is C16H19FN4O2. The number of aromatic nitrogens is 1. The summed E-state index contributed by atoms with van der Waals surface area (Å²) >= 11 is 0. The second-order valence-electron chi connectivity index (χ2n) is 5.24. The van der Waals surface area contributed by atoms with Crippen molar-refractivity contribution in [3.05, 3.63) is 42.0 Å². The lowest BCUT2D eigenvalue weighted by atomic mass is 10.2. The van der Waals surface area contributed by atoms with Gasteiger partial charge in [0.15, 0.2) is 5.96 Å². The predicted octanol–water partition coefficient (Wildman–Crippen LogP) is 1.67. The maximum Gasteiger partial charge on any atom is 0.226 e. The van der Waals surface area contributed by atoms with Crippen molar-refractivity contribution in [2.75, 3.05) is 32.8 Å². The number of nitrogens with two attached hydrogens (primary N) is 1. The molecule has 0 unspecified atom stereocenters. The first-order chi connectivity index (χ1) is 11.2. The fourth-order valence-electron chi connectivity index (χ4n) is 2.32. The molecule has 2 heterocycles. The predicted molar refractivity (Wildman–Crippen MR) is 84.5 cm³/mol. The summed E-state index contributed by atoms with van der Waals surface area (Å²) in [5, 5.41) is 0. The van der Waals surface area contributed by atoms with Gasteiger partial charge < -0.3 is 19.8 Å². The Morgan fingerprint density at radius 2 is 2.00 bits per heavy atom. The zero-order valence-electron chi connectivity index (χ0n) is 12.7. The highest BCUT2D eigenvalue weighted by Crippen LogP contribution is 2.19. The monoisotopic (exact) mass is 318 g/mol. The number of benzene rings is 1. The summed E-state index contributed by atoms with van der Waals surface area (Å²) in [6, 6.07) is 6.04. The lowest BCUT2D eigenvalue weighted by Gasteiger charge is -2.27. The van der Waals surface area contributed by atoms with Crippen molar-refractivity contribution in [2.45, 2.75) is 6.42 Å². The SMILES string of the molecule is NC(=NCCc1coc(-c2ccc(F)cc2)n1)N1CCOCC1. The summed E-state index contributed by atoms with van der Waals surface area (Å²) in [6.45, 7) is 3.45. The average molecular weight is 318 g/mol. The summed E-state index contributed by atoms with van der Waals surface area (Å²) in [7, 11) is 0. The van der Waals surface area contributed by atoms with Crippen molar-refractivity contribution in [1.29, 1.82) is 0 Å². The summed E-state index contributed by atoms with van der Waals surface area (Å²) < 4.78 is 23.6. The van der Waals surface area contributed by atoms with Crippen molar-refractivity contribution in [3.8, 4) is 11.5 Å². The molecule has 2 N–H and O–H groups in total.